The number of carbonyl (C=O) groups is 1. The minimum atomic E-state index is -1.30. The van der Waals surface area contributed by atoms with Crippen LogP contribution < -0.4 is 5.32 Å². The van der Waals surface area contributed by atoms with E-state index in [1.54, 1.807) is 7.05 Å². The van der Waals surface area contributed by atoms with E-state index in [1.165, 1.54) is 12.1 Å². The van der Waals surface area contributed by atoms with E-state index in [4.69, 9.17) is 5.11 Å². The molecule has 2 N–H and O–H groups in total. The number of benzene rings is 1. The minimum Gasteiger partial charge on any atom is -0.478 e. The highest BCUT2D eigenvalue weighted by molar-refractivity contribution is 5.91. The van der Waals surface area contributed by atoms with E-state index in [2.05, 4.69) is 17.2 Å². The molecule has 0 spiro atoms. The van der Waals surface area contributed by atoms with Gasteiger partial charge < -0.3 is 10.4 Å². The van der Waals surface area contributed by atoms with Gasteiger partial charge in [-0.05, 0) is 19.2 Å². The number of hydrogen-bond donors (Lipinski definition) is 2. The van der Waals surface area contributed by atoms with Gasteiger partial charge in [0.15, 0.2) is 0 Å². The van der Waals surface area contributed by atoms with Gasteiger partial charge in [0.2, 0.25) is 0 Å². The van der Waals surface area contributed by atoms with Gasteiger partial charge in [-0.1, -0.05) is 17.9 Å². The largest absolute Gasteiger partial charge is 0.478 e. The van der Waals surface area contributed by atoms with Crippen LogP contribution in [0.25, 0.3) is 0 Å². The molecule has 0 bridgehead atoms. The Morgan fingerprint density at radius 2 is 2.33 bits per heavy atom. The number of halogens is 1. The van der Waals surface area contributed by atoms with Crippen LogP contribution in [0.2, 0.25) is 0 Å². The third-order valence-electron chi connectivity index (χ3n) is 1.72. The number of nitrogens with one attached hydrogen (secondary N) is 1. The van der Waals surface area contributed by atoms with Crippen LogP contribution in [0.5, 0.6) is 0 Å². The first-order chi connectivity index (χ1) is 7.16. The van der Waals surface area contributed by atoms with Crippen molar-refractivity contribution < 1.29 is 14.3 Å². The molecule has 4 heteroatoms. The van der Waals surface area contributed by atoms with Gasteiger partial charge in [0.05, 0.1) is 6.54 Å². The molecule has 0 unspecified atom stereocenters. The van der Waals surface area contributed by atoms with Gasteiger partial charge in [0.1, 0.15) is 11.4 Å². The number of carboxylic acid groups (broad SMARTS) is 1. The number of aromatic carboxylic acids is 1. The van der Waals surface area contributed by atoms with Crippen molar-refractivity contribution >= 4 is 5.97 Å². The minimum absolute atomic E-state index is 0.192. The summed E-state index contributed by atoms with van der Waals surface area (Å²) in [4.78, 5) is 10.8. The molecule has 15 heavy (non-hydrogen) atoms. The topological polar surface area (TPSA) is 49.3 Å². The lowest BCUT2D eigenvalue weighted by Crippen LogP contribution is -2.06. The second-order valence-corrected chi connectivity index (χ2v) is 2.80. The van der Waals surface area contributed by atoms with Gasteiger partial charge in [-0.15, -0.1) is 0 Å². The average Bonchev–Trinajstić information content (AvgIpc) is 2.17. The molecule has 78 valence electrons. The Morgan fingerprint density at radius 1 is 1.60 bits per heavy atom. The number of rotatable bonds is 2. The molecule has 0 amide bonds. The van der Waals surface area contributed by atoms with Crippen molar-refractivity contribution in [1.82, 2.24) is 5.32 Å². The van der Waals surface area contributed by atoms with E-state index in [0.717, 1.165) is 6.07 Å². The zero-order chi connectivity index (χ0) is 11.3. The SMILES string of the molecule is CNCC#Cc1cccc(F)c1C(=O)O. The normalized spacial score (nSPS) is 9.20. The molecular formula is C11H10FNO2. The quantitative estimate of drug-likeness (QED) is 0.714. The van der Waals surface area contributed by atoms with E-state index >= 15 is 0 Å². The fourth-order valence-electron chi connectivity index (χ4n) is 1.07. The summed E-state index contributed by atoms with van der Waals surface area (Å²) in [6.07, 6.45) is 0. The lowest BCUT2D eigenvalue weighted by Gasteiger charge is -1.99. The van der Waals surface area contributed by atoms with Crippen molar-refractivity contribution in [1.29, 1.82) is 0 Å². The molecule has 3 nitrogen and oxygen atoms in total. The molecule has 0 fully saturated rings. The molecule has 1 aromatic rings. The van der Waals surface area contributed by atoms with Crippen molar-refractivity contribution in [2.45, 2.75) is 0 Å². The van der Waals surface area contributed by atoms with Crippen molar-refractivity contribution in [2.24, 2.45) is 0 Å². The molecule has 1 rings (SSSR count). The first-order valence-corrected chi connectivity index (χ1v) is 4.32. The van der Waals surface area contributed by atoms with Crippen LogP contribution in [-0.4, -0.2) is 24.7 Å². The maximum atomic E-state index is 13.1. The van der Waals surface area contributed by atoms with E-state index in [9.17, 15) is 9.18 Å². The zero-order valence-corrected chi connectivity index (χ0v) is 8.17. The summed E-state index contributed by atoms with van der Waals surface area (Å²) >= 11 is 0. The van der Waals surface area contributed by atoms with Crippen LogP contribution >= 0.6 is 0 Å². The van der Waals surface area contributed by atoms with Crippen molar-refractivity contribution in [3.8, 4) is 11.8 Å². The Bertz CT molecular complexity index is 432. The predicted molar refractivity (Wildman–Crippen MR) is 54.2 cm³/mol. The molecule has 0 aliphatic rings. The smallest absolute Gasteiger partial charge is 0.339 e. The van der Waals surface area contributed by atoms with Crippen molar-refractivity contribution in [2.75, 3.05) is 13.6 Å². The van der Waals surface area contributed by atoms with E-state index in [1.807, 2.05) is 0 Å². The van der Waals surface area contributed by atoms with Crippen molar-refractivity contribution in [3.63, 3.8) is 0 Å². The second kappa shape index (κ2) is 5.13. The molecule has 0 aliphatic carbocycles. The Labute approximate surface area is 86.9 Å². The summed E-state index contributed by atoms with van der Waals surface area (Å²) in [5.41, 5.74) is -0.182. The van der Waals surface area contributed by atoms with Gasteiger partial charge in [-0.2, -0.15) is 0 Å². The molecule has 0 saturated carbocycles. The Morgan fingerprint density at radius 3 is 2.93 bits per heavy atom. The molecular weight excluding hydrogens is 197 g/mol. The van der Waals surface area contributed by atoms with E-state index in [-0.39, 0.29) is 11.1 Å². The van der Waals surface area contributed by atoms with Crippen LogP contribution in [0.15, 0.2) is 18.2 Å². The van der Waals surface area contributed by atoms with Gasteiger partial charge in [0, 0.05) is 5.56 Å². The fraction of sp³-hybridized carbons (Fsp3) is 0.182. The first-order valence-electron chi connectivity index (χ1n) is 4.32. The lowest BCUT2D eigenvalue weighted by molar-refractivity contribution is 0.0691. The van der Waals surface area contributed by atoms with Crippen LogP contribution in [-0.2, 0) is 0 Å². The molecule has 0 radical (unpaired) electrons. The predicted octanol–water partition coefficient (Wildman–Crippen LogP) is 1.09. The highest BCUT2D eigenvalue weighted by Crippen LogP contribution is 2.12. The summed E-state index contributed by atoms with van der Waals surface area (Å²) < 4.78 is 13.1. The fourth-order valence-corrected chi connectivity index (χ4v) is 1.07. The van der Waals surface area contributed by atoms with Crippen LogP contribution in [0, 0.1) is 17.7 Å². The standard InChI is InChI=1S/C11H10FNO2/c1-13-7-3-5-8-4-2-6-9(12)10(8)11(14)15/h2,4,6,13H,7H2,1H3,(H,14,15). The van der Waals surface area contributed by atoms with E-state index < -0.39 is 11.8 Å². The molecule has 0 aliphatic heterocycles. The maximum absolute atomic E-state index is 13.1. The molecule has 1 aromatic carbocycles. The molecule has 0 heterocycles. The third kappa shape index (κ3) is 2.79. The highest BCUT2D eigenvalue weighted by Gasteiger charge is 2.13. The van der Waals surface area contributed by atoms with Gasteiger partial charge in [0.25, 0.3) is 0 Å². The number of hydrogen-bond acceptors (Lipinski definition) is 2. The van der Waals surface area contributed by atoms with Crippen LogP contribution in [0.3, 0.4) is 0 Å². The lowest BCUT2D eigenvalue weighted by atomic mass is 10.1. The van der Waals surface area contributed by atoms with Crippen LogP contribution in [0.4, 0.5) is 4.39 Å². The van der Waals surface area contributed by atoms with Crippen molar-refractivity contribution in [3.05, 3.63) is 35.1 Å². The summed E-state index contributed by atoms with van der Waals surface area (Å²) in [6.45, 7) is 0.426. The van der Waals surface area contributed by atoms with Crippen LogP contribution in [0.1, 0.15) is 15.9 Å². The summed E-state index contributed by atoms with van der Waals surface area (Å²) in [7, 11) is 1.72. The molecule has 0 atom stereocenters. The Balaban J connectivity index is 3.13. The van der Waals surface area contributed by atoms with Gasteiger partial charge in [-0.3, -0.25) is 0 Å². The Hall–Kier alpha value is -1.86. The first kappa shape index (κ1) is 11.2. The van der Waals surface area contributed by atoms with Gasteiger partial charge in [-0.25, -0.2) is 9.18 Å². The maximum Gasteiger partial charge on any atom is 0.339 e. The number of carboxylic acids is 1. The van der Waals surface area contributed by atoms with E-state index in [0.29, 0.717) is 6.54 Å². The summed E-state index contributed by atoms with van der Waals surface area (Å²) in [5.74, 6) is 3.22. The molecule has 0 aromatic heterocycles. The second-order valence-electron chi connectivity index (χ2n) is 2.80. The summed E-state index contributed by atoms with van der Waals surface area (Å²) in [6, 6.07) is 4.02. The highest BCUT2D eigenvalue weighted by atomic mass is 19.1. The zero-order valence-electron chi connectivity index (χ0n) is 8.17. The van der Waals surface area contributed by atoms with Gasteiger partial charge >= 0.3 is 5.97 Å². The summed E-state index contributed by atoms with van der Waals surface area (Å²) in [5, 5.41) is 11.6. The third-order valence-corrected chi connectivity index (χ3v) is 1.72. The monoisotopic (exact) mass is 207 g/mol. The molecule has 0 saturated heterocycles. The Kier molecular flexibility index (Phi) is 3.83. The average molecular weight is 207 g/mol.